The number of anilines is 3. The molecule has 206 valence electrons. The van der Waals surface area contributed by atoms with Crippen LogP contribution in [0.4, 0.5) is 21.7 Å². The van der Waals surface area contributed by atoms with Crippen LogP contribution in [0.2, 0.25) is 5.02 Å². The molecule has 1 N–H and O–H groups in total. The lowest BCUT2D eigenvalue weighted by molar-refractivity contribution is -0.128. The molecule has 11 nitrogen and oxygen atoms in total. The zero-order chi connectivity index (χ0) is 28.1. The van der Waals surface area contributed by atoms with E-state index in [4.69, 9.17) is 21.3 Å². The Labute approximate surface area is 238 Å². The molecule has 4 aromatic heterocycles. The number of piperidine rings is 1. The van der Waals surface area contributed by atoms with Gasteiger partial charge in [-0.3, -0.25) is 4.79 Å². The molecule has 2 bridgehead atoms. The second-order valence-corrected chi connectivity index (χ2v) is 10.3. The molecule has 6 heterocycles. The number of amides is 1. The monoisotopic (exact) mass is 571 g/mol. The second kappa shape index (κ2) is 9.97. The van der Waals surface area contributed by atoms with Crippen LogP contribution in [0.5, 0.6) is 11.5 Å². The summed E-state index contributed by atoms with van der Waals surface area (Å²) in [7, 11) is 0. The Balaban J connectivity index is 1.15. The molecule has 0 aliphatic carbocycles. The highest BCUT2D eigenvalue weighted by Gasteiger charge is 2.41. The van der Waals surface area contributed by atoms with Crippen LogP contribution in [0.3, 0.4) is 0 Å². The van der Waals surface area contributed by atoms with E-state index in [1.54, 1.807) is 22.8 Å². The Morgan fingerprint density at radius 2 is 2.05 bits per heavy atom. The first kappa shape index (κ1) is 25.1. The molecule has 0 radical (unpaired) electrons. The maximum absolute atomic E-state index is 15.3. The fourth-order valence-electron chi connectivity index (χ4n) is 5.55. The van der Waals surface area contributed by atoms with Gasteiger partial charge in [0.15, 0.2) is 11.5 Å². The first-order chi connectivity index (χ1) is 20.0. The van der Waals surface area contributed by atoms with Crippen LogP contribution < -0.4 is 15.0 Å². The molecule has 1 aromatic carbocycles. The quantitative estimate of drug-likeness (QED) is 0.288. The number of carbonyl (C=O) groups excluding carboxylic acids is 1. The van der Waals surface area contributed by atoms with Gasteiger partial charge in [0.05, 0.1) is 22.3 Å². The molecular formula is C28H23ClFN9O2. The van der Waals surface area contributed by atoms with Gasteiger partial charge in [-0.1, -0.05) is 18.2 Å². The number of rotatable bonds is 6. The lowest BCUT2D eigenvalue weighted by atomic mass is 10.0. The number of carbonyl (C=O) groups is 1. The Kier molecular flexibility index (Phi) is 6.11. The molecule has 0 saturated carbocycles. The standard InChI is InChI=1S/C28H23ClFN9O2/c1-2-26(40)37-7-5-16-9-17(37)13-38(16)24-4-3-21-27(36-24)28(33-14-31-21)35-22-11-19(29)23(12-20(22)30)41-18-6-8-39-25(10-18)32-15-34-39/h2-4,6,8,10-12,14-17H,1,5,7,9,13H2,(H,31,33,35)/t16-,17+/m0/s1. The van der Waals surface area contributed by atoms with Gasteiger partial charge in [-0.2, -0.15) is 5.10 Å². The van der Waals surface area contributed by atoms with Crippen molar-refractivity contribution in [3.05, 3.63) is 78.7 Å². The minimum atomic E-state index is -0.587. The number of nitrogens with one attached hydrogen (secondary N) is 1. The normalized spacial score (nSPS) is 18.2. The van der Waals surface area contributed by atoms with Crippen LogP contribution in [0.15, 0.2) is 67.9 Å². The van der Waals surface area contributed by atoms with Crippen molar-refractivity contribution < 1.29 is 13.9 Å². The van der Waals surface area contributed by atoms with Gasteiger partial charge in [-0.15, -0.1) is 0 Å². The topological polar surface area (TPSA) is 114 Å². The van der Waals surface area contributed by atoms with Gasteiger partial charge >= 0.3 is 0 Å². The second-order valence-electron chi connectivity index (χ2n) is 9.89. The average Bonchev–Trinajstić information content (AvgIpc) is 3.59. The summed E-state index contributed by atoms with van der Waals surface area (Å²) < 4.78 is 22.7. The average molecular weight is 572 g/mol. The predicted octanol–water partition coefficient (Wildman–Crippen LogP) is 4.76. The molecule has 0 unspecified atom stereocenters. The van der Waals surface area contributed by atoms with Gasteiger partial charge in [0, 0.05) is 37.5 Å². The van der Waals surface area contributed by atoms with Gasteiger partial charge < -0.3 is 19.9 Å². The molecule has 2 fully saturated rings. The maximum Gasteiger partial charge on any atom is 0.246 e. The van der Waals surface area contributed by atoms with Gasteiger partial charge in [0.1, 0.15) is 41.3 Å². The van der Waals surface area contributed by atoms with Crippen LogP contribution in [0.25, 0.3) is 16.7 Å². The summed E-state index contributed by atoms with van der Waals surface area (Å²) in [6, 6.07) is 10.2. The van der Waals surface area contributed by atoms with Crippen LogP contribution in [0.1, 0.15) is 12.8 Å². The molecule has 13 heteroatoms. The highest BCUT2D eigenvalue weighted by molar-refractivity contribution is 6.32. The van der Waals surface area contributed by atoms with E-state index in [1.807, 2.05) is 17.0 Å². The Hall–Kier alpha value is -4.84. The largest absolute Gasteiger partial charge is 0.455 e. The van der Waals surface area contributed by atoms with E-state index in [0.29, 0.717) is 41.3 Å². The van der Waals surface area contributed by atoms with Crippen LogP contribution in [-0.2, 0) is 4.79 Å². The minimum absolute atomic E-state index is 0.0462. The lowest BCUT2D eigenvalue weighted by Gasteiger charge is -2.31. The summed E-state index contributed by atoms with van der Waals surface area (Å²) in [4.78, 5) is 34.1. The lowest BCUT2D eigenvalue weighted by Crippen LogP contribution is -2.43. The van der Waals surface area contributed by atoms with Crippen LogP contribution in [-0.4, -0.2) is 65.5 Å². The van der Waals surface area contributed by atoms with E-state index in [-0.39, 0.29) is 34.5 Å². The summed E-state index contributed by atoms with van der Waals surface area (Å²) in [6.07, 6.45) is 7.60. The maximum atomic E-state index is 15.3. The number of pyridine rings is 2. The number of halogens is 2. The zero-order valence-corrected chi connectivity index (χ0v) is 22.4. The number of fused-ring (bicyclic) bond motifs is 4. The molecule has 2 aliphatic heterocycles. The van der Waals surface area contributed by atoms with E-state index in [2.05, 4.69) is 36.8 Å². The molecule has 5 aromatic rings. The zero-order valence-electron chi connectivity index (χ0n) is 21.6. The van der Waals surface area contributed by atoms with E-state index >= 15 is 4.39 Å². The van der Waals surface area contributed by atoms with Gasteiger partial charge in [-0.25, -0.2) is 28.8 Å². The van der Waals surface area contributed by atoms with Crippen LogP contribution >= 0.6 is 11.6 Å². The van der Waals surface area contributed by atoms with Gasteiger partial charge in [0.25, 0.3) is 0 Å². The molecule has 7 rings (SSSR count). The summed E-state index contributed by atoms with van der Waals surface area (Å²) in [5.41, 5.74) is 1.79. The van der Waals surface area contributed by atoms with Crippen molar-refractivity contribution in [1.82, 2.24) is 34.4 Å². The third kappa shape index (κ3) is 4.55. The Bertz CT molecular complexity index is 1830. The summed E-state index contributed by atoms with van der Waals surface area (Å²) >= 11 is 6.49. The third-order valence-corrected chi connectivity index (χ3v) is 7.81. The van der Waals surface area contributed by atoms with Crippen molar-refractivity contribution >= 4 is 51.5 Å². The van der Waals surface area contributed by atoms with Crippen molar-refractivity contribution in [2.75, 3.05) is 23.3 Å². The molecule has 2 atom stereocenters. The van der Waals surface area contributed by atoms with Gasteiger partial charge in [-0.05, 0) is 43.2 Å². The van der Waals surface area contributed by atoms with E-state index < -0.39 is 5.82 Å². The molecule has 1 amide bonds. The molecular weight excluding hydrogens is 549 g/mol. The summed E-state index contributed by atoms with van der Waals surface area (Å²) in [5.74, 6) is 1.04. The van der Waals surface area contributed by atoms with E-state index in [1.165, 1.54) is 30.9 Å². The number of benzene rings is 1. The number of nitrogens with zero attached hydrogens (tertiary/aromatic N) is 8. The van der Waals surface area contributed by atoms with E-state index in [9.17, 15) is 4.79 Å². The number of hydrogen-bond acceptors (Lipinski definition) is 9. The van der Waals surface area contributed by atoms with Crippen molar-refractivity contribution in [3.63, 3.8) is 0 Å². The van der Waals surface area contributed by atoms with Crippen molar-refractivity contribution in [3.8, 4) is 11.5 Å². The fraction of sp³-hybridized carbons (Fsp3) is 0.214. The first-order valence-electron chi connectivity index (χ1n) is 13.0. The fourth-order valence-corrected chi connectivity index (χ4v) is 5.75. The highest BCUT2D eigenvalue weighted by atomic mass is 35.5. The number of likely N-dealkylation sites (tertiary alicyclic amines) is 1. The molecule has 2 aliphatic rings. The predicted molar refractivity (Wildman–Crippen MR) is 151 cm³/mol. The molecule has 41 heavy (non-hydrogen) atoms. The molecule has 0 spiro atoms. The van der Waals surface area contributed by atoms with E-state index in [0.717, 1.165) is 18.7 Å². The van der Waals surface area contributed by atoms with Crippen molar-refractivity contribution in [2.45, 2.75) is 24.9 Å². The Morgan fingerprint density at radius 1 is 1.15 bits per heavy atom. The summed E-state index contributed by atoms with van der Waals surface area (Å²) in [6.45, 7) is 5.00. The summed E-state index contributed by atoms with van der Waals surface area (Å²) in [5, 5.41) is 7.27. The van der Waals surface area contributed by atoms with Crippen LogP contribution in [0, 0.1) is 5.82 Å². The number of aromatic nitrogens is 6. The van der Waals surface area contributed by atoms with Gasteiger partial charge in [0.2, 0.25) is 5.91 Å². The number of ether oxygens (including phenoxy) is 1. The van der Waals surface area contributed by atoms with Crippen molar-refractivity contribution in [1.29, 1.82) is 0 Å². The number of hydrogen-bond donors (Lipinski definition) is 1. The minimum Gasteiger partial charge on any atom is -0.455 e. The highest BCUT2D eigenvalue weighted by Crippen LogP contribution is 2.37. The smallest absolute Gasteiger partial charge is 0.246 e. The molecule has 2 saturated heterocycles. The third-order valence-electron chi connectivity index (χ3n) is 7.51. The SMILES string of the molecule is C=CC(=O)N1CC[C@H]2C[C@@H]1CN2c1ccc2ncnc(Nc3cc(Cl)c(Oc4ccn5ncnc5c4)cc3F)c2n1. The Morgan fingerprint density at radius 3 is 2.93 bits per heavy atom. The van der Waals surface area contributed by atoms with Crippen molar-refractivity contribution in [2.24, 2.45) is 0 Å². The first-order valence-corrected chi connectivity index (χ1v) is 13.4.